The van der Waals surface area contributed by atoms with Gasteiger partial charge < -0.3 is 15.8 Å². The summed E-state index contributed by atoms with van der Waals surface area (Å²) in [6, 6.07) is -0.661. The van der Waals surface area contributed by atoms with E-state index in [9.17, 15) is 9.59 Å². The van der Waals surface area contributed by atoms with Crippen LogP contribution in [0.25, 0.3) is 0 Å². The fraction of sp³-hybridized carbons (Fsp3) is 0.778. The molecule has 0 heterocycles. The van der Waals surface area contributed by atoms with E-state index in [1.165, 1.54) is 6.92 Å². The first-order chi connectivity index (χ1) is 6.22. The highest BCUT2D eigenvalue weighted by Crippen LogP contribution is 2.05. The molecule has 1 atom stereocenters. The molecule has 0 saturated carbocycles. The molecule has 0 radical (unpaired) electrons. The van der Waals surface area contributed by atoms with Gasteiger partial charge in [0, 0.05) is 0 Å². The predicted octanol–water partition coefficient (Wildman–Crippen LogP) is -0.208. The highest BCUT2D eigenvalue weighted by Gasteiger charge is 2.15. The van der Waals surface area contributed by atoms with Crippen LogP contribution in [0.5, 0.6) is 0 Å². The number of hydrogen-bond donors (Lipinski definition) is 2. The monoisotopic (exact) mass is 202 g/mol. The minimum absolute atomic E-state index is 0.0683. The molecular formula is C9H18N2O3. The molecule has 0 aliphatic heterocycles. The summed E-state index contributed by atoms with van der Waals surface area (Å²) in [4.78, 5) is 21.8. The van der Waals surface area contributed by atoms with Gasteiger partial charge in [-0.2, -0.15) is 0 Å². The average Bonchev–Trinajstić information content (AvgIpc) is 1.99. The number of amides is 2. The van der Waals surface area contributed by atoms with E-state index >= 15 is 0 Å². The fourth-order valence-corrected chi connectivity index (χ4v) is 0.636. The number of nitrogens with two attached hydrogens (primary N) is 1. The molecule has 0 saturated heterocycles. The molecule has 5 nitrogen and oxygen atoms in total. The number of carbonyl (C=O) groups is 2. The zero-order valence-electron chi connectivity index (χ0n) is 9.09. The Labute approximate surface area is 84.0 Å². The molecule has 1 unspecified atom stereocenters. The van der Waals surface area contributed by atoms with Crippen molar-refractivity contribution < 1.29 is 14.3 Å². The van der Waals surface area contributed by atoms with Crippen molar-refractivity contribution in [3.63, 3.8) is 0 Å². The number of primary amides is 1. The largest absolute Gasteiger partial charge is 0.368 e. The minimum atomic E-state index is -0.661. The van der Waals surface area contributed by atoms with Crippen LogP contribution < -0.4 is 11.1 Å². The third kappa shape index (κ3) is 6.42. The van der Waals surface area contributed by atoms with Crippen LogP contribution >= 0.6 is 0 Å². The van der Waals surface area contributed by atoms with Crippen LogP contribution in [0.15, 0.2) is 0 Å². The van der Waals surface area contributed by atoms with Gasteiger partial charge in [0.25, 0.3) is 0 Å². The van der Waals surface area contributed by atoms with E-state index in [0.29, 0.717) is 0 Å². The van der Waals surface area contributed by atoms with Crippen molar-refractivity contribution in [1.82, 2.24) is 5.32 Å². The van der Waals surface area contributed by atoms with Crippen LogP contribution in [0, 0.1) is 0 Å². The van der Waals surface area contributed by atoms with Gasteiger partial charge >= 0.3 is 0 Å². The number of carbonyl (C=O) groups excluding carboxylic acids is 2. The molecule has 14 heavy (non-hydrogen) atoms. The highest BCUT2D eigenvalue weighted by atomic mass is 16.5. The van der Waals surface area contributed by atoms with Crippen LogP contribution in [-0.4, -0.2) is 30.1 Å². The van der Waals surface area contributed by atoms with Crippen molar-refractivity contribution in [2.45, 2.75) is 39.3 Å². The van der Waals surface area contributed by atoms with E-state index in [1.54, 1.807) is 0 Å². The van der Waals surface area contributed by atoms with E-state index in [4.69, 9.17) is 10.5 Å². The van der Waals surface area contributed by atoms with Crippen molar-refractivity contribution in [3.8, 4) is 0 Å². The minimum Gasteiger partial charge on any atom is -0.368 e. The standard InChI is InChI=1S/C9H18N2O3/c1-6(8(10)13)11-7(12)5-14-9(2,3)4/h6H,5H2,1-4H3,(H2,10,13)(H,11,12). The molecule has 0 aliphatic carbocycles. The number of hydrogen-bond acceptors (Lipinski definition) is 3. The first-order valence-electron chi connectivity index (χ1n) is 4.45. The predicted molar refractivity (Wildman–Crippen MR) is 52.5 cm³/mol. The van der Waals surface area contributed by atoms with Gasteiger partial charge in [0.15, 0.2) is 0 Å². The van der Waals surface area contributed by atoms with E-state index in [1.807, 2.05) is 20.8 Å². The normalized spacial score (nSPS) is 13.4. The quantitative estimate of drug-likeness (QED) is 0.662. The average molecular weight is 202 g/mol. The van der Waals surface area contributed by atoms with Crippen LogP contribution in [-0.2, 0) is 14.3 Å². The molecule has 0 aliphatic rings. The number of nitrogens with one attached hydrogen (secondary N) is 1. The van der Waals surface area contributed by atoms with E-state index in [-0.39, 0.29) is 18.1 Å². The Kier molecular flexibility index (Phi) is 4.56. The van der Waals surface area contributed by atoms with Gasteiger partial charge in [-0.1, -0.05) is 0 Å². The summed E-state index contributed by atoms with van der Waals surface area (Å²) in [6.45, 7) is 6.99. The van der Waals surface area contributed by atoms with Gasteiger partial charge in [0.05, 0.1) is 5.60 Å². The summed E-state index contributed by atoms with van der Waals surface area (Å²) < 4.78 is 5.21. The number of ether oxygens (including phenoxy) is 1. The lowest BCUT2D eigenvalue weighted by Crippen LogP contribution is -2.44. The third-order valence-corrected chi connectivity index (χ3v) is 1.44. The molecule has 0 rings (SSSR count). The molecule has 0 aromatic rings. The number of rotatable bonds is 4. The topological polar surface area (TPSA) is 81.4 Å². The van der Waals surface area contributed by atoms with Gasteiger partial charge in [0.2, 0.25) is 11.8 Å². The van der Waals surface area contributed by atoms with Gasteiger partial charge in [-0.05, 0) is 27.7 Å². The summed E-state index contributed by atoms with van der Waals surface area (Å²) in [6.07, 6.45) is 0. The molecule has 0 bridgehead atoms. The van der Waals surface area contributed by atoms with Crippen LogP contribution in [0.2, 0.25) is 0 Å². The van der Waals surface area contributed by atoms with Crippen molar-refractivity contribution in [1.29, 1.82) is 0 Å². The van der Waals surface area contributed by atoms with Crippen LogP contribution in [0.1, 0.15) is 27.7 Å². The molecule has 0 fully saturated rings. The molecule has 5 heteroatoms. The highest BCUT2D eigenvalue weighted by molar-refractivity contribution is 5.86. The molecule has 2 amide bonds. The molecule has 0 spiro atoms. The summed E-state index contributed by atoms with van der Waals surface area (Å²) in [7, 11) is 0. The van der Waals surface area contributed by atoms with Gasteiger partial charge in [-0.3, -0.25) is 9.59 Å². The first kappa shape index (κ1) is 12.9. The second-order valence-electron chi connectivity index (χ2n) is 4.09. The lowest BCUT2D eigenvalue weighted by Gasteiger charge is -2.19. The molecular weight excluding hydrogens is 184 g/mol. The van der Waals surface area contributed by atoms with Crippen molar-refractivity contribution in [2.75, 3.05) is 6.61 Å². The lowest BCUT2D eigenvalue weighted by molar-refractivity contribution is -0.133. The summed E-state index contributed by atoms with van der Waals surface area (Å²) in [5, 5.41) is 2.41. The Balaban J connectivity index is 3.83. The maximum absolute atomic E-state index is 11.2. The summed E-state index contributed by atoms with van der Waals surface area (Å²) in [5.41, 5.74) is 4.60. The molecule has 0 aromatic heterocycles. The Hall–Kier alpha value is -1.10. The zero-order valence-corrected chi connectivity index (χ0v) is 9.09. The maximum atomic E-state index is 11.2. The van der Waals surface area contributed by atoms with Crippen molar-refractivity contribution in [3.05, 3.63) is 0 Å². The summed E-state index contributed by atoms with van der Waals surface area (Å²) in [5.74, 6) is -0.902. The SMILES string of the molecule is CC(NC(=O)COC(C)(C)C)C(N)=O. The third-order valence-electron chi connectivity index (χ3n) is 1.44. The Morgan fingerprint density at radius 1 is 1.43 bits per heavy atom. The van der Waals surface area contributed by atoms with Crippen molar-refractivity contribution in [2.24, 2.45) is 5.73 Å². The Morgan fingerprint density at radius 2 is 1.93 bits per heavy atom. The zero-order chi connectivity index (χ0) is 11.4. The van der Waals surface area contributed by atoms with Crippen LogP contribution in [0.3, 0.4) is 0 Å². The molecule has 3 N–H and O–H groups in total. The van der Waals surface area contributed by atoms with E-state index in [0.717, 1.165) is 0 Å². The van der Waals surface area contributed by atoms with Gasteiger partial charge in [0.1, 0.15) is 12.6 Å². The van der Waals surface area contributed by atoms with Gasteiger partial charge in [-0.15, -0.1) is 0 Å². The van der Waals surface area contributed by atoms with E-state index in [2.05, 4.69) is 5.32 Å². The second-order valence-corrected chi connectivity index (χ2v) is 4.09. The second kappa shape index (κ2) is 4.95. The summed E-state index contributed by atoms with van der Waals surface area (Å²) >= 11 is 0. The Morgan fingerprint density at radius 3 is 2.29 bits per heavy atom. The lowest BCUT2D eigenvalue weighted by atomic mass is 10.2. The van der Waals surface area contributed by atoms with E-state index < -0.39 is 11.9 Å². The van der Waals surface area contributed by atoms with Crippen molar-refractivity contribution >= 4 is 11.8 Å². The molecule has 0 aromatic carbocycles. The smallest absolute Gasteiger partial charge is 0.246 e. The molecule has 82 valence electrons. The maximum Gasteiger partial charge on any atom is 0.246 e. The Bertz CT molecular complexity index is 221. The van der Waals surface area contributed by atoms with Crippen LogP contribution in [0.4, 0.5) is 0 Å². The van der Waals surface area contributed by atoms with Gasteiger partial charge in [-0.25, -0.2) is 0 Å². The fourth-order valence-electron chi connectivity index (χ4n) is 0.636. The first-order valence-corrected chi connectivity index (χ1v) is 4.45.